The van der Waals surface area contributed by atoms with Crippen molar-refractivity contribution in [1.29, 1.82) is 0 Å². The molecule has 0 saturated carbocycles. The first-order chi connectivity index (χ1) is 13.1. The molecule has 0 saturated heterocycles. The summed E-state index contributed by atoms with van der Waals surface area (Å²) in [5.74, 6) is 1.12. The molecule has 0 aliphatic heterocycles. The number of carbonyl (C=O) groups excluding carboxylic acids is 1. The van der Waals surface area contributed by atoms with E-state index in [1.54, 1.807) is 31.6 Å². The Hall–Kier alpha value is -2.76. The molecular weight excluding hydrogens is 364 g/mol. The third kappa shape index (κ3) is 4.70. The van der Waals surface area contributed by atoms with Crippen molar-refractivity contribution in [2.75, 3.05) is 12.4 Å². The van der Waals surface area contributed by atoms with Gasteiger partial charge in [0.15, 0.2) is 0 Å². The number of hydrogen-bond acceptors (Lipinski definition) is 4. The van der Waals surface area contributed by atoms with E-state index in [4.69, 9.17) is 20.8 Å². The summed E-state index contributed by atoms with van der Waals surface area (Å²) < 4.78 is 10.6. The van der Waals surface area contributed by atoms with Crippen molar-refractivity contribution in [3.8, 4) is 5.75 Å². The quantitative estimate of drug-likeness (QED) is 0.603. The topological polar surface area (TPSA) is 63.5 Å². The van der Waals surface area contributed by atoms with Crippen LogP contribution in [-0.4, -0.2) is 13.0 Å². The summed E-state index contributed by atoms with van der Waals surface area (Å²) in [6.07, 6.45) is 1.62. The Morgan fingerprint density at radius 1 is 1.11 bits per heavy atom. The van der Waals surface area contributed by atoms with Crippen LogP contribution in [0, 0.1) is 0 Å². The molecule has 140 valence electrons. The monoisotopic (exact) mass is 384 g/mol. The number of carbonyl (C=O) groups is 1. The molecule has 1 amide bonds. The zero-order valence-electron chi connectivity index (χ0n) is 15.1. The van der Waals surface area contributed by atoms with Crippen molar-refractivity contribution in [3.63, 3.8) is 0 Å². The number of benzene rings is 2. The molecule has 1 heterocycles. The highest BCUT2D eigenvalue weighted by atomic mass is 35.5. The molecule has 0 spiro atoms. The summed E-state index contributed by atoms with van der Waals surface area (Å²) in [6.45, 7) is 1.95. The van der Waals surface area contributed by atoms with Crippen LogP contribution >= 0.6 is 11.6 Å². The second-order valence-corrected chi connectivity index (χ2v) is 6.49. The van der Waals surface area contributed by atoms with Crippen molar-refractivity contribution < 1.29 is 13.9 Å². The van der Waals surface area contributed by atoms with Crippen molar-refractivity contribution in [3.05, 3.63) is 83.3 Å². The molecular formula is C21H21ClN2O3. The minimum Gasteiger partial charge on any atom is -0.495 e. The molecule has 2 N–H and O–H groups in total. The second-order valence-electron chi connectivity index (χ2n) is 6.09. The maximum absolute atomic E-state index is 13.0. The third-order valence-corrected chi connectivity index (χ3v) is 4.50. The largest absolute Gasteiger partial charge is 0.495 e. The molecule has 0 unspecified atom stereocenters. The zero-order chi connectivity index (χ0) is 19.2. The molecule has 1 aromatic heterocycles. The average Bonchev–Trinajstić information content (AvgIpc) is 3.21. The molecule has 0 bridgehead atoms. The Balaban J connectivity index is 1.81. The van der Waals surface area contributed by atoms with Gasteiger partial charge < -0.3 is 14.5 Å². The third-order valence-electron chi connectivity index (χ3n) is 4.20. The summed E-state index contributed by atoms with van der Waals surface area (Å²) in [5, 5.41) is 6.67. The van der Waals surface area contributed by atoms with E-state index in [1.807, 2.05) is 49.4 Å². The number of halogens is 1. The van der Waals surface area contributed by atoms with Crippen LogP contribution in [0.5, 0.6) is 5.75 Å². The van der Waals surface area contributed by atoms with E-state index in [2.05, 4.69) is 10.6 Å². The first kappa shape index (κ1) is 19.0. The fourth-order valence-electron chi connectivity index (χ4n) is 2.80. The van der Waals surface area contributed by atoms with Crippen LogP contribution in [0.25, 0.3) is 0 Å². The number of anilines is 1. The van der Waals surface area contributed by atoms with Crippen LogP contribution in [0.4, 0.5) is 5.69 Å². The maximum Gasteiger partial charge on any atom is 0.246 e. The summed E-state index contributed by atoms with van der Waals surface area (Å²) >= 11 is 6.16. The van der Waals surface area contributed by atoms with Gasteiger partial charge in [0.2, 0.25) is 5.91 Å². The van der Waals surface area contributed by atoms with E-state index < -0.39 is 6.04 Å². The van der Waals surface area contributed by atoms with Gasteiger partial charge in [-0.05, 0) is 42.8 Å². The lowest BCUT2D eigenvalue weighted by Crippen LogP contribution is -2.34. The van der Waals surface area contributed by atoms with Crippen LogP contribution in [0.3, 0.4) is 0 Å². The SMILES string of the molecule is COc1ccc(NC(=O)[C@H](N[C@H](C)c2ccco2)c2ccccc2)cc1Cl. The van der Waals surface area contributed by atoms with Crippen molar-refractivity contribution in [1.82, 2.24) is 5.32 Å². The van der Waals surface area contributed by atoms with Gasteiger partial charge in [-0.25, -0.2) is 0 Å². The number of ether oxygens (including phenoxy) is 1. The highest BCUT2D eigenvalue weighted by Gasteiger charge is 2.24. The minimum absolute atomic E-state index is 0.143. The molecule has 3 aromatic rings. The van der Waals surface area contributed by atoms with Gasteiger partial charge in [0.25, 0.3) is 0 Å². The van der Waals surface area contributed by atoms with Crippen LogP contribution in [0.2, 0.25) is 5.02 Å². The van der Waals surface area contributed by atoms with Gasteiger partial charge in [-0.2, -0.15) is 0 Å². The van der Waals surface area contributed by atoms with Gasteiger partial charge >= 0.3 is 0 Å². The summed E-state index contributed by atoms with van der Waals surface area (Å²) in [5.41, 5.74) is 1.45. The molecule has 5 nitrogen and oxygen atoms in total. The minimum atomic E-state index is -0.563. The van der Waals surface area contributed by atoms with Crippen LogP contribution in [-0.2, 0) is 4.79 Å². The number of nitrogens with one attached hydrogen (secondary N) is 2. The Bertz CT molecular complexity index is 882. The lowest BCUT2D eigenvalue weighted by molar-refractivity contribution is -0.118. The highest BCUT2D eigenvalue weighted by molar-refractivity contribution is 6.32. The molecule has 0 radical (unpaired) electrons. The van der Waals surface area contributed by atoms with Gasteiger partial charge in [0.05, 0.1) is 24.4 Å². The van der Waals surface area contributed by atoms with E-state index in [9.17, 15) is 4.79 Å². The van der Waals surface area contributed by atoms with Crippen molar-refractivity contribution in [2.45, 2.75) is 19.0 Å². The standard InChI is InChI=1S/C21H21ClN2O3/c1-14(18-9-6-12-27-18)23-20(15-7-4-3-5-8-15)21(25)24-16-10-11-19(26-2)17(22)13-16/h3-14,20,23H,1-2H3,(H,24,25)/t14-,20-/m1/s1. The molecule has 0 fully saturated rings. The van der Waals surface area contributed by atoms with E-state index in [-0.39, 0.29) is 11.9 Å². The number of rotatable bonds is 7. The Morgan fingerprint density at radius 2 is 1.89 bits per heavy atom. The van der Waals surface area contributed by atoms with Gasteiger partial charge in [-0.3, -0.25) is 10.1 Å². The molecule has 3 rings (SSSR count). The van der Waals surface area contributed by atoms with Gasteiger partial charge in [-0.1, -0.05) is 41.9 Å². The van der Waals surface area contributed by atoms with Crippen molar-refractivity contribution >= 4 is 23.2 Å². The Morgan fingerprint density at radius 3 is 2.52 bits per heavy atom. The first-order valence-corrected chi connectivity index (χ1v) is 8.95. The Kier molecular flexibility index (Phi) is 6.16. The van der Waals surface area contributed by atoms with Crippen LogP contribution < -0.4 is 15.4 Å². The number of methoxy groups -OCH3 is 1. The summed E-state index contributed by atoms with van der Waals surface area (Å²) in [6, 6.07) is 17.7. The molecule has 27 heavy (non-hydrogen) atoms. The lowest BCUT2D eigenvalue weighted by Gasteiger charge is -2.22. The van der Waals surface area contributed by atoms with E-state index in [0.717, 1.165) is 11.3 Å². The smallest absolute Gasteiger partial charge is 0.246 e. The number of hydrogen-bond donors (Lipinski definition) is 2. The molecule has 2 aromatic carbocycles. The van der Waals surface area contributed by atoms with Crippen LogP contribution in [0.1, 0.15) is 30.3 Å². The van der Waals surface area contributed by atoms with Gasteiger partial charge in [0, 0.05) is 5.69 Å². The summed E-state index contributed by atoms with van der Waals surface area (Å²) in [7, 11) is 1.55. The molecule has 2 atom stereocenters. The fraction of sp³-hybridized carbons (Fsp3) is 0.190. The van der Waals surface area contributed by atoms with Gasteiger partial charge in [0.1, 0.15) is 17.6 Å². The number of furan rings is 1. The maximum atomic E-state index is 13.0. The predicted molar refractivity (Wildman–Crippen MR) is 106 cm³/mol. The fourth-order valence-corrected chi connectivity index (χ4v) is 3.05. The average molecular weight is 385 g/mol. The Labute approximate surface area is 163 Å². The zero-order valence-corrected chi connectivity index (χ0v) is 15.9. The predicted octanol–water partition coefficient (Wildman–Crippen LogP) is 4.97. The first-order valence-electron chi connectivity index (χ1n) is 8.57. The highest BCUT2D eigenvalue weighted by Crippen LogP contribution is 2.28. The molecule has 0 aliphatic rings. The normalized spacial score (nSPS) is 13.0. The molecule has 6 heteroatoms. The van der Waals surface area contributed by atoms with E-state index in [0.29, 0.717) is 16.5 Å². The van der Waals surface area contributed by atoms with Crippen LogP contribution in [0.15, 0.2) is 71.3 Å². The van der Waals surface area contributed by atoms with E-state index >= 15 is 0 Å². The molecule has 0 aliphatic carbocycles. The second kappa shape index (κ2) is 8.75. The van der Waals surface area contributed by atoms with Gasteiger partial charge in [-0.15, -0.1) is 0 Å². The summed E-state index contributed by atoms with van der Waals surface area (Å²) in [4.78, 5) is 13.0. The van der Waals surface area contributed by atoms with E-state index in [1.165, 1.54) is 0 Å². The number of amides is 1. The lowest BCUT2D eigenvalue weighted by atomic mass is 10.0. The van der Waals surface area contributed by atoms with Crippen molar-refractivity contribution in [2.24, 2.45) is 0 Å².